The highest BCUT2D eigenvalue weighted by Crippen LogP contribution is 2.37. The summed E-state index contributed by atoms with van der Waals surface area (Å²) in [6, 6.07) is 3.76. The zero-order valence-corrected chi connectivity index (χ0v) is 13.5. The van der Waals surface area contributed by atoms with E-state index >= 15 is 0 Å². The number of aromatic nitrogens is 1. The van der Waals surface area contributed by atoms with Gasteiger partial charge >= 0.3 is 7.12 Å². The molecular formula is C15H24BNO3. The minimum atomic E-state index is -0.501. The lowest BCUT2D eigenvalue weighted by Gasteiger charge is -2.32. The van der Waals surface area contributed by atoms with Crippen LogP contribution in [0.5, 0.6) is 5.75 Å². The molecule has 0 N–H and O–H groups in total. The highest BCUT2D eigenvalue weighted by atomic mass is 16.7. The Hall–Kier alpha value is -1.07. The molecule has 1 aromatic rings. The van der Waals surface area contributed by atoms with Crippen LogP contribution in [0.2, 0.25) is 0 Å². The average Bonchev–Trinajstić information content (AvgIpc) is 2.46. The van der Waals surface area contributed by atoms with Crippen LogP contribution in [0, 0.1) is 0 Å². The Morgan fingerprint density at radius 1 is 1.10 bits per heavy atom. The maximum absolute atomic E-state index is 6.04. The van der Waals surface area contributed by atoms with Crippen LogP contribution in [-0.2, 0) is 9.31 Å². The molecule has 0 amide bonds. The first-order valence-corrected chi connectivity index (χ1v) is 7.01. The van der Waals surface area contributed by atoms with Crippen LogP contribution in [0.15, 0.2) is 18.3 Å². The third-order valence-corrected chi connectivity index (χ3v) is 3.69. The second-order valence-electron chi connectivity index (χ2n) is 7.19. The summed E-state index contributed by atoms with van der Waals surface area (Å²) in [4.78, 5) is 4.40. The summed E-state index contributed by atoms with van der Waals surface area (Å²) >= 11 is 0. The number of hydrogen-bond acceptors (Lipinski definition) is 4. The van der Waals surface area contributed by atoms with E-state index in [4.69, 9.17) is 14.0 Å². The fraction of sp³-hybridized carbons (Fsp3) is 0.667. The number of pyridine rings is 1. The summed E-state index contributed by atoms with van der Waals surface area (Å²) in [7, 11) is -0.501. The maximum Gasteiger partial charge on any atom is 0.518 e. The molecule has 1 fully saturated rings. The van der Waals surface area contributed by atoms with Gasteiger partial charge in [-0.05, 0) is 60.6 Å². The van der Waals surface area contributed by atoms with Gasteiger partial charge in [-0.15, -0.1) is 0 Å². The number of ether oxygens (including phenoxy) is 1. The highest BCUT2D eigenvalue weighted by molar-refractivity contribution is 6.62. The van der Waals surface area contributed by atoms with Crippen LogP contribution >= 0.6 is 0 Å². The Bertz CT molecular complexity index is 478. The van der Waals surface area contributed by atoms with Gasteiger partial charge in [-0.3, -0.25) is 4.98 Å². The van der Waals surface area contributed by atoms with Crippen LogP contribution in [0.1, 0.15) is 48.5 Å². The lowest BCUT2D eigenvalue weighted by molar-refractivity contribution is 0.00578. The monoisotopic (exact) mass is 277 g/mol. The van der Waals surface area contributed by atoms with Gasteiger partial charge in [0.15, 0.2) is 0 Å². The van der Waals surface area contributed by atoms with Crippen LogP contribution in [0.4, 0.5) is 0 Å². The Morgan fingerprint density at radius 2 is 1.65 bits per heavy atom. The molecule has 0 aromatic carbocycles. The fourth-order valence-corrected chi connectivity index (χ4v) is 1.95. The van der Waals surface area contributed by atoms with Crippen LogP contribution in [-0.4, -0.2) is 28.9 Å². The van der Waals surface area contributed by atoms with Gasteiger partial charge in [0, 0.05) is 6.20 Å². The summed E-state index contributed by atoms with van der Waals surface area (Å²) in [5, 5.41) is 0. The van der Waals surface area contributed by atoms with Crippen LogP contribution in [0.3, 0.4) is 0 Å². The number of nitrogens with zero attached hydrogens (tertiary/aromatic N) is 1. The minimum Gasteiger partial charge on any atom is -0.487 e. The number of hydrogen-bond donors (Lipinski definition) is 0. The molecule has 5 heteroatoms. The average molecular weight is 277 g/mol. The standard InChI is InChI=1S/C15H24BNO3/c1-13(2,3)18-11-9-8-10-17-12(11)16-19-14(4,5)15(6,7)20-16/h8-10H,1-7H3. The quantitative estimate of drug-likeness (QED) is 0.779. The van der Waals surface area contributed by atoms with Crippen LogP contribution < -0.4 is 10.3 Å². The van der Waals surface area contributed by atoms with Crippen molar-refractivity contribution in [3.63, 3.8) is 0 Å². The Balaban J connectivity index is 2.31. The molecular weight excluding hydrogens is 253 g/mol. The Kier molecular flexibility index (Phi) is 3.63. The van der Waals surface area contributed by atoms with E-state index in [2.05, 4.69) is 4.98 Å². The van der Waals surface area contributed by atoms with Gasteiger partial charge in [0.05, 0.1) is 11.2 Å². The first-order valence-electron chi connectivity index (χ1n) is 7.01. The number of rotatable bonds is 2. The van der Waals surface area contributed by atoms with E-state index < -0.39 is 7.12 Å². The van der Waals surface area contributed by atoms with Crippen molar-refractivity contribution in [3.05, 3.63) is 18.3 Å². The second kappa shape index (κ2) is 4.74. The molecule has 0 bridgehead atoms. The Labute approximate surface area is 122 Å². The summed E-state index contributed by atoms with van der Waals surface area (Å²) in [6.07, 6.45) is 1.73. The SMILES string of the molecule is CC(C)(C)Oc1cccnc1B1OC(C)(C)C(C)(C)O1. The van der Waals surface area contributed by atoms with Crippen molar-refractivity contribution >= 4 is 12.7 Å². The second-order valence-corrected chi connectivity index (χ2v) is 7.19. The maximum atomic E-state index is 6.04. The van der Waals surface area contributed by atoms with Crippen molar-refractivity contribution in [2.24, 2.45) is 0 Å². The molecule has 0 atom stereocenters. The largest absolute Gasteiger partial charge is 0.518 e. The molecule has 1 saturated heterocycles. The van der Waals surface area contributed by atoms with Crippen molar-refractivity contribution in [1.29, 1.82) is 0 Å². The van der Waals surface area contributed by atoms with E-state index in [0.29, 0.717) is 11.3 Å². The molecule has 1 aliphatic rings. The molecule has 1 aromatic heterocycles. The summed E-state index contributed by atoms with van der Waals surface area (Å²) in [5.41, 5.74) is -0.356. The molecule has 2 rings (SSSR count). The third-order valence-electron chi connectivity index (χ3n) is 3.69. The highest BCUT2D eigenvalue weighted by Gasteiger charge is 2.53. The fourth-order valence-electron chi connectivity index (χ4n) is 1.95. The summed E-state index contributed by atoms with van der Waals surface area (Å²) in [5.74, 6) is 0.707. The van der Waals surface area contributed by atoms with E-state index in [-0.39, 0.29) is 16.8 Å². The van der Waals surface area contributed by atoms with Crippen LogP contribution in [0.25, 0.3) is 0 Å². The van der Waals surface area contributed by atoms with E-state index in [1.165, 1.54) is 0 Å². The van der Waals surface area contributed by atoms with Gasteiger partial charge in [0.1, 0.15) is 16.9 Å². The van der Waals surface area contributed by atoms with E-state index in [9.17, 15) is 0 Å². The van der Waals surface area contributed by atoms with E-state index in [0.717, 1.165) is 0 Å². The predicted molar refractivity (Wildman–Crippen MR) is 80.3 cm³/mol. The third kappa shape index (κ3) is 2.99. The molecule has 0 saturated carbocycles. The predicted octanol–water partition coefficient (Wildman–Crippen LogP) is 2.56. The molecule has 20 heavy (non-hydrogen) atoms. The van der Waals surface area contributed by atoms with Crippen molar-refractivity contribution < 1.29 is 14.0 Å². The van der Waals surface area contributed by atoms with Gasteiger partial charge in [0.25, 0.3) is 0 Å². The molecule has 4 nitrogen and oxygen atoms in total. The molecule has 0 aliphatic carbocycles. The smallest absolute Gasteiger partial charge is 0.487 e. The van der Waals surface area contributed by atoms with Crippen molar-refractivity contribution in [1.82, 2.24) is 4.98 Å². The van der Waals surface area contributed by atoms with Gasteiger partial charge in [-0.1, -0.05) is 0 Å². The van der Waals surface area contributed by atoms with Gasteiger partial charge in [-0.25, -0.2) is 0 Å². The molecule has 1 aliphatic heterocycles. The molecule has 0 radical (unpaired) electrons. The lowest BCUT2D eigenvalue weighted by Crippen LogP contribution is -2.41. The summed E-state index contributed by atoms with van der Waals surface area (Å²) < 4.78 is 18.0. The van der Waals surface area contributed by atoms with Gasteiger partial charge < -0.3 is 14.0 Å². The van der Waals surface area contributed by atoms with Gasteiger partial charge in [-0.2, -0.15) is 0 Å². The van der Waals surface area contributed by atoms with E-state index in [1.807, 2.05) is 60.6 Å². The lowest BCUT2D eigenvalue weighted by atomic mass is 9.83. The minimum absolute atomic E-state index is 0.290. The molecule has 2 heterocycles. The molecule has 110 valence electrons. The normalized spacial score (nSPS) is 21.1. The van der Waals surface area contributed by atoms with E-state index in [1.54, 1.807) is 6.20 Å². The zero-order chi connectivity index (χ0) is 15.2. The topological polar surface area (TPSA) is 40.6 Å². The molecule has 0 spiro atoms. The van der Waals surface area contributed by atoms with Gasteiger partial charge in [0.2, 0.25) is 0 Å². The first-order chi connectivity index (χ1) is 9.02. The van der Waals surface area contributed by atoms with Crippen molar-refractivity contribution in [2.45, 2.75) is 65.3 Å². The summed E-state index contributed by atoms with van der Waals surface area (Å²) in [6.45, 7) is 14.1. The molecule has 0 unspecified atom stereocenters. The zero-order valence-electron chi connectivity index (χ0n) is 13.5. The van der Waals surface area contributed by atoms with Crippen molar-refractivity contribution in [2.75, 3.05) is 0 Å². The Morgan fingerprint density at radius 3 is 2.15 bits per heavy atom. The van der Waals surface area contributed by atoms with Crippen molar-refractivity contribution in [3.8, 4) is 5.75 Å². The first kappa shape index (κ1) is 15.3.